The first-order valence-electron chi connectivity index (χ1n) is 14.0. The summed E-state index contributed by atoms with van der Waals surface area (Å²) in [5.41, 5.74) is 5.78. The van der Waals surface area contributed by atoms with Gasteiger partial charge in [0.05, 0.1) is 23.3 Å². The van der Waals surface area contributed by atoms with Crippen LogP contribution in [0.15, 0.2) is 97.1 Å². The van der Waals surface area contributed by atoms with Gasteiger partial charge >= 0.3 is 33.7 Å². The van der Waals surface area contributed by atoms with E-state index >= 15 is 0 Å². The second kappa shape index (κ2) is 11.7. The smallest absolute Gasteiger partial charge is 0.473 e. The van der Waals surface area contributed by atoms with Crippen molar-refractivity contribution in [3.05, 3.63) is 97.1 Å². The minimum atomic E-state index is -1.82. The molecular weight excluding hydrogens is 632 g/mol. The molecule has 222 valence electrons. The molecule has 9 rings (SSSR count). The van der Waals surface area contributed by atoms with Gasteiger partial charge in [-0.3, -0.25) is 0 Å². The number of rotatable bonds is 0. The van der Waals surface area contributed by atoms with Crippen LogP contribution >= 0.6 is 0 Å². The van der Waals surface area contributed by atoms with Crippen LogP contribution in [0.3, 0.4) is 0 Å². The SMILES string of the molecule is O=C(O)C(=O)O.[Ti+2].c1ccc2c(c1)-c1nc-2nc2[n-]c(nc3nc(nc4[n-]c(n1)c1ccccc41)-c1ccccc1-3)c1ccccc21. The molecule has 3 aromatic heterocycles. The Kier molecular flexibility index (Phi) is 7.35. The zero-order valence-electron chi connectivity index (χ0n) is 24.0. The van der Waals surface area contributed by atoms with Crippen LogP contribution in [0.4, 0.5) is 0 Å². The van der Waals surface area contributed by atoms with Crippen LogP contribution in [0.25, 0.3) is 89.7 Å². The molecule has 13 heteroatoms. The predicted molar refractivity (Wildman–Crippen MR) is 169 cm³/mol. The number of carboxylic acid groups (broad SMARTS) is 2. The number of nitrogens with zero attached hydrogens (tertiary/aromatic N) is 8. The van der Waals surface area contributed by atoms with Crippen LogP contribution in [0.2, 0.25) is 0 Å². The van der Waals surface area contributed by atoms with Crippen molar-refractivity contribution in [3.8, 4) is 45.6 Å². The van der Waals surface area contributed by atoms with Crippen molar-refractivity contribution in [1.29, 1.82) is 0 Å². The first kappa shape index (κ1) is 29.6. The summed E-state index contributed by atoms with van der Waals surface area (Å²) in [6.07, 6.45) is 0. The van der Waals surface area contributed by atoms with Crippen molar-refractivity contribution in [2.45, 2.75) is 0 Å². The van der Waals surface area contributed by atoms with E-state index in [1.165, 1.54) is 0 Å². The van der Waals surface area contributed by atoms with Crippen LogP contribution in [0.1, 0.15) is 0 Å². The molecule has 0 aliphatic carbocycles. The number of aliphatic carboxylic acids is 2. The standard InChI is InChI=1S/C32H16N8.C2H2O4.Ti/c1-2-10-18-17(9-1)25-33-26(18)38-28-21-13-5-6-14-22(21)30(35-28)40-32-24-16-8-7-15-23(24)31(36-32)39-29-20-12-4-3-11-19(20)27(34-29)37-25;3-1(4)2(5)6;/h1-16H;(H,3,4)(H,5,6);/q-2;;+2. The Hall–Kier alpha value is -6.11. The van der Waals surface area contributed by atoms with Crippen LogP contribution < -0.4 is 9.97 Å². The fourth-order valence-corrected chi connectivity index (χ4v) is 5.46. The summed E-state index contributed by atoms with van der Waals surface area (Å²) >= 11 is 0. The van der Waals surface area contributed by atoms with Crippen LogP contribution in [0, 0.1) is 0 Å². The Bertz CT molecular complexity index is 2250. The van der Waals surface area contributed by atoms with Gasteiger partial charge in [-0.25, -0.2) is 19.6 Å². The van der Waals surface area contributed by atoms with Gasteiger partial charge in [0.25, 0.3) is 0 Å². The van der Waals surface area contributed by atoms with E-state index in [9.17, 15) is 0 Å². The Morgan fingerprint density at radius 1 is 0.404 bits per heavy atom. The quantitative estimate of drug-likeness (QED) is 0.160. The number of fused-ring (bicyclic) bond motifs is 20. The Labute approximate surface area is 279 Å². The number of carboxylic acids is 2. The Balaban J connectivity index is 0.000000462. The van der Waals surface area contributed by atoms with Gasteiger partial charge in [-0.05, 0) is 21.5 Å². The molecule has 12 nitrogen and oxygen atoms in total. The average Bonchev–Trinajstić information content (AvgIpc) is 3.81. The summed E-state index contributed by atoms with van der Waals surface area (Å²) in [5.74, 6) is -1.44. The van der Waals surface area contributed by atoms with Crippen molar-refractivity contribution in [2.75, 3.05) is 0 Å². The fraction of sp³-hybridized carbons (Fsp3) is 0. The third-order valence-electron chi connectivity index (χ3n) is 7.51. The molecule has 0 spiro atoms. The Morgan fingerprint density at radius 2 is 0.638 bits per heavy atom. The molecule has 0 saturated carbocycles. The molecule has 4 aromatic carbocycles. The molecule has 0 atom stereocenters. The largest absolute Gasteiger partial charge is 2.00 e. The van der Waals surface area contributed by atoms with E-state index in [0.29, 0.717) is 45.9 Å². The van der Waals surface area contributed by atoms with Gasteiger partial charge in [-0.1, -0.05) is 97.1 Å². The van der Waals surface area contributed by atoms with Crippen molar-refractivity contribution in [1.82, 2.24) is 39.9 Å². The molecule has 8 bridgehead atoms. The summed E-state index contributed by atoms with van der Waals surface area (Å²) in [7, 11) is 0. The van der Waals surface area contributed by atoms with Crippen LogP contribution in [0.5, 0.6) is 0 Å². The van der Waals surface area contributed by atoms with Gasteiger partial charge in [-0.15, -0.1) is 0 Å². The molecule has 0 amide bonds. The molecule has 0 saturated heterocycles. The first-order valence-corrected chi connectivity index (χ1v) is 14.0. The maximum atomic E-state index is 9.10. The predicted octanol–water partition coefficient (Wildman–Crippen LogP) is 5.28. The molecular formula is C34H18N8O4Ti. The number of carbonyl (C=O) groups is 2. The van der Waals surface area contributed by atoms with Crippen LogP contribution in [-0.4, -0.2) is 52.1 Å². The molecule has 5 heterocycles. The summed E-state index contributed by atoms with van der Waals surface area (Å²) < 4.78 is 0. The maximum absolute atomic E-state index is 9.10. The van der Waals surface area contributed by atoms with E-state index in [1.54, 1.807) is 0 Å². The number of benzene rings is 4. The van der Waals surface area contributed by atoms with Gasteiger partial charge in [-0.2, -0.15) is 0 Å². The minimum Gasteiger partial charge on any atom is -0.473 e. The summed E-state index contributed by atoms with van der Waals surface area (Å²) in [5, 5.41) is 18.4. The third kappa shape index (κ3) is 5.11. The van der Waals surface area contributed by atoms with Crippen molar-refractivity contribution < 1.29 is 41.5 Å². The van der Waals surface area contributed by atoms with Gasteiger partial charge in [0, 0.05) is 44.8 Å². The van der Waals surface area contributed by atoms with E-state index < -0.39 is 11.9 Å². The molecule has 0 fully saturated rings. The number of hydrogen-bond acceptors (Lipinski definition) is 8. The van der Waals surface area contributed by atoms with E-state index in [-0.39, 0.29) is 21.7 Å². The molecule has 2 N–H and O–H groups in total. The summed E-state index contributed by atoms with van der Waals surface area (Å²) in [4.78, 5) is 57.5. The number of aromatic nitrogens is 8. The van der Waals surface area contributed by atoms with Gasteiger partial charge in [0.1, 0.15) is 0 Å². The monoisotopic (exact) mass is 650 g/mol. The van der Waals surface area contributed by atoms with Gasteiger partial charge in [0.2, 0.25) is 0 Å². The summed E-state index contributed by atoms with van der Waals surface area (Å²) in [6, 6.07) is 31.8. The second-order valence-corrected chi connectivity index (χ2v) is 10.3. The molecule has 0 unspecified atom stereocenters. The van der Waals surface area contributed by atoms with Crippen molar-refractivity contribution >= 4 is 56.1 Å². The molecule has 2 aliphatic heterocycles. The maximum Gasteiger partial charge on any atom is 2.00 e. The van der Waals surface area contributed by atoms with Gasteiger partial charge < -0.3 is 40.1 Å². The van der Waals surface area contributed by atoms with E-state index in [0.717, 1.165) is 43.8 Å². The Morgan fingerprint density at radius 3 is 0.872 bits per heavy atom. The topological polar surface area (TPSA) is 180 Å². The molecule has 0 radical (unpaired) electrons. The van der Waals surface area contributed by atoms with Crippen molar-refractivity contribution in [3.63, 3.8) is 0 Å². The molecule has 7 aromatic rings. The van der Waals surface area contributed by atoms with E-state index in [2.05, 4.69) is 0 Å². The normalized spacial score (nSPS) is 11.1. The van der Waals surface area contributed by atoms with Gasteiger partial charge in [0.15, 0.2) is 0 Å². The van der Waals surface area contributed by atoms with E-state index in [1.807, 2.05) is 97.1 Å². The molecule has 2 aliphatic rings. The fourth-order valence-electron chi connectivity index (χ4n) is 5.46. The average molecular weight is 650 g/mol. The number of hydrogen-bond donors (Lipinski definition) is 2. The first-order chi connectivity index (χ1) is 22.4. The molecule has 47 heavy (non-hydrogen) atoms. The van der Waals surface area contributed by atoms with Crippen molar-refractivity contribution in [2.24, 2.45) is 0 Å². The second-order valence-electron chi connectivity index (χ2n) is 10.3. The van der Waals surface area contributed by atoms with E-state index in [4.69, 9.17) is 59.7 Å². The zero-order chi connectivity index (χ0) is 31.4. The third-order valence-corrected chi connectivity index (χ3v) is 7.51. The van der Waals surface area contributed by atoms with Crippen LogP contribution in [-0.2, 0) is 31.3 Å². The zero-order valence-corrected chi connectivity index (χ0v) is 25.6. The minimum absolute atomic E-state index is 0. The summed E-state index contributed by atoms with van der Waals surface area (Å²) in [6.45, 7) is 0.